The number of carbonyl (C=O) groups excluding carboxylic acids is 1. The first-order valence-electron chi connectivity index (χ1n) is 8.48. The number of hydrogen-bond acceptors (Lipinski definition) is 4. The minimum Gasteiger partial charge on any atom is -0.493 e. The average Bonchev–Trinajstić information content (AvgIpc) is 2.46. The van der Waals surface area contributed by atoms with Crippen molar-refractivity contribution in [3.8, 4) is 11.5 Å². The quantitative estimate of drug-likeness (QED) is 0.495. The summed E-state index contributed by atoms with van der Waals surface area (Å²) in [5, 5.41) is 0.174. The lowest BCUT2D eigenvalue weighted by atomic mass is 10.0. The molecule has 1 aromatic carbocycles. The highest BCUT2D eigenvalue weighted by atomic mass is 28.4. The van der Waals surface area contributed by atoms with E-state index in [2.05, 4.69) is 33.9 Å². The largest absolute Gasteiger partial charge is 0.493 e. The van der Waals surface area contributed by atoms with Crippen LogP contribution in [0.1, 0.15) is 50.5 Å². The van der Waals surface area contributed by atoms with Crippen molar-refractivity contribution in [1.29, 1.82) is 0 Å². The van der Waals surface area contributed by atoms with Gasteiger partial charge in [0.05, 0.1) is 13.2 Å². The van der Waals surface area contributed by atoms with Gasteiger partial charge in [-0.05, 0) is 56.1 Å². The molecule has 0 bridgehead atoms. The zero-order chi connectivity index (χ0) is 18.5. The van der Waals surface area contributed by atoms with E-state index in [1.165, 1.54) is 0 Å². The van der Waals surface area contributed by atoms with Gasteiger partial charge in [-0.25, -0.2) is 0 Å². The number of benzene rings is 1. The van der Waals surface area contributed by atoms with E-state index in [-0.39, 0.29) is 11.1 Å². The second kappa shape index (κ2) is 8.16. The molecule has 0 amide bonds. The molecule has 0 saturated carbocycles. The van der Waals surface area contributed by atoms with E-state index in [0.29, 0.717) is 30.1 Å². The van der Waals surface area contributed by atoms with E-state index in [1.54, 1.807) is 13.2 Å². The molecule has 0 saturated heterocycles. The highest BCUT2D eigenvalue weighted by Crippen LogP contribution is 2.37. The van der Waals surface area contributed by atoms with Crippen LogP contribution >= 0.6 is 0 Å². The van der Waals surface area contributed by atoms with Crippen LogP contribution in [0, 0.1) is 0 Å². The molecule has 1 rings (SSSR count). The smallest absolute Gasteiger partial charge is 0.191 e. The second-order valence-electron chi connectivity index (χ2n) is 7.85. The number of aldehydes is 1. The van der Waals surface area contributed by atoms with Crippen LogP contribution in [0.3, 0.4) is 0 Å². The monoisotopic (exact) mass is 352 g/mol. The van der Waals surface area contributed by atoms with Crippen LogP contribution in [0.25, 0.3) is 0 Å². The summed E-state index contributed by atoms with van der Waals surface area (Å²) in [5.74, 6) is 1.25. The third kappa shape index (κ3) is 5.35. The van der Waals surface area contributed by atoms with Gasteiger partial charge in [-0.2, -0.15) is 0 Å². The van der Waals surface area contributed by atoms with E-state index in [9.17, 15) is 4.79 Å². The molecule has 0 N–H and O–H groups in total. The number of carbonyl (C=O) groups is 1. The molecule has 0 fully saturated rings. The summed E-state index contributed by atoms with van der Waals surface area (Å²) in [4.78, 5) is 11.5. The first-order chi connectivity index (χ1) is 11.0. The van der Waals surface area contributed by atoms with Crippen LogP contribution in [0.4, 0.5) is 0 Å². The van der Waals surface area contributed by atoms with Crippen LogP contribution in [0.2, 0.25) is 18.1 Å². The molecule has 0 aliphatic rings. The lowest BCUT2D eigenvalue weighted by Gasteiger charge is -2.36. The Hall–Kier alpha value is -1.33. The van der Waals surface area contributed by atoms with Gasteiger partial charge in [-0.15, -0.1) is 0 Å². The van der Waals surface area contributed by atoms with Crippen molar-refractivity contribution in [2.45, 2.75) is 65.3 Å². The van der Waals surface area contributed by atoms with Crippen molar-refractivity contribution in [2.24, 2.45) is 0 Å². The van der Waals surface area contributed by atoms with Gasteiger partial charge < -0.3 is 13.9 Å². The summed E-state index contributed by atoms with van der Waals surface area (Å²) in [6.07, 6.45) is 1.57. The van der Waals surface area contributed by atoms with E-state index in [0.717, 1.165) is 11.8 Å². The molecule has 0 aliphatic carbocycles. The minimum atomic E-state index is -1.79. The molecule has 0 radical (unpaired) electrons. The molecule has 4 nitrogen and oxygen atoms in total. The molecule has 0 aliphatic heterocycles. The maximum atomic E-state index is 11.5. The summed E-state index contributed by atoms with van der Waals surface area (Å²) >= 11 is 0. The number of ether oxygens (including phenoxy) is 2. The standard InChI is InChI=1S/C19H32O4Si/c1-14(2)23-18-12-16(13-20)15(11-17(18)21-6)9-10-22-24(7,8)19(3,4)5/h11-14H,9-10H2,1-8H3. The number of hydrogen-bond donors (Lipinski definition) is 0. The highest BCUT2D eigenvalue weighted by molar-refractivity contribution is 6.74. The SMILES string of the molecule is COc1cc(CCO[Si](C)(C)C(C)(C)C)c(C=O)cc1OC(C)C. The summed E-state index contributed by atoms with van der Waals surface area (Å²) in [7, 11) is -0.175. The van der Waals surface area contributed by atoms with Gasteiger partial charge in [-0.3, -0.25) is 4.79 Å². The first-order valence-corrected chi connectivity index (χ1v) is 11.4. The van der Waals surface area contributed by atoms with Crippen molar-refractivity contribution in [1.82, 2.24) is 0 Å². The van der Waals surface area contributed by atoms with E-state index >= 15 is 0 Å². The predicted octanol–water partition coefficient (Wildman–Crippen LogP) is 4.86. The van der Waals surface area contributed by atoms with E-state index in [1.807, 2.05) is 19.9 Å². The predicted molar refractivity (Wildman–Crippen MR) is 101 cm³/mol. The van der Waals surface area contributed by atoms with E-state index in [4.69, 9.17) is 13.9 Å². The van der Waals surface area contributed by atoms with Gasteiger partial charge in [-0.1, -0.05) is 20.8 Å². The molecule has 0 aromatic heterocycles. The third-order valence-corrected chi connectivity index (χ3v) is 9.09. The first kappa shape index (κ1) is 20.7. The molecule has 0 heterocycles. The van der Waals surface area contributed by atoms with Gasteiger partial charge in [0, 0.05) is 12.2 Å². The fourth-order valence-corrected chi connectivity index (χ4v) is 3.13. The zero-order valence-electron chi connectivity index (χ0n) is 16.4. The van der Waals surface area contributed by atoms with Gasteiger partial charge in [0.2, 0.25) is 0 Å². The molecule has 1 aromatic rings. The normalized spacial score (nSPS) is 12.4. The molecular weight excluding hydrogens is 320 g/mol. The minimum absolute atomic E-state index is 0.0196. The van der Waals surface area contributed by atoms with Crippen LogP contribution in [0.5, 0.6) is 11.5 Å². The molecule has 0 unspecified atom stereocenters. The van der Waals surface area contributed by atoms with Crippen molar-refractivity contribution in [2.75, 3.05) is 13.7 Å². The number of rotatable bonds is 8. The van der Waals surface area contributed by atoms with Crippen LogP contribution in [-0.2, 0) is 10.8 Å². The second-order valence-corrected chi connectivity index (χ2v) is 12.7. The molecule has 0 spiro atoms. The van der Waals surface area contributed by atoms with Crippen molar-refractivity contribution in [3.05, 3.63) is 23.3 Å². The third-order valence-electron chi connectivity index (χ3n) is 4.56. The maximum Gasteiger partial charge on any atom is 0.191 e. The highest BCUT2D eigenvalue weighted by Gasteiger charge is 2.36. The Kier molecular flexibility index (Phi) is 7.05. The van der Waals surface area contributed by atoms with Crippen LogP contribution in [0.15, 0.2) is 12.1 Å². The van der Waals surface area contributed by atoms with Gasteiger partial charge >= 0.3 is 0 Å². The van der Waals surface area contributed by atoms with Crippen molar-refractivity contribution in [3.63, 3.8) is 0 Å². The van der Waals surface area contributed by atoms with Gasteiger partial charge in [0.15, 0.2) is 19.8 Å². The Morgan fingerprint density at radius 3 is 2.25 bits per heavy atom. The Balaban J connectivity index is 2.94. The van der Waals surface area contributed by atoms with Gasteiger partial charge in [0.25, 0.3) is 0 Å². The van der Waals surface area contributed by atoms with Gasteiger partial charge in [0.1, 0.15) is 6.29 Å². The maximum absolute atomic E-state index is 11.5. The van der Waals surface area contributed by atoms with Crippen molar-refractivity contribution >= 4 is 14.6 Å². The Bertz CT molecular complexity index is 559. The molecule has 136 valence electrons. The summed E-state index contributed by atoms with van der Waals surface area (Å²) in [6.45, 7) is 15.6. The summed E-state index contributed by atoms with van der Waals surface area (Å²) in [5.41, 5.74) is 1.56. The number of methoxy groups -OCH3 is 1. The van der Waals surface area contributed by atoms with Crippen LogP contribution < -0.4 is 9.47 Å². The lowest BCUT2D eigenvalue weighted by molar-refractivity contribution is 0.112. The fraction of sp³-hybridized carbons (Fsp3) is 0.632. The Morgan fingerprint density at radius 2 is 1.79 bits per heavy atom. The molecular formula is C19H32O4Si. The summed E-state index contributed by atoms with van der Waals surface area (Å²) < 4.78 is 17.4. The lowest BCUT2D eigenvalue weighted by Crippen LogP contribution is -2.41. The van der Waals surface area contributed by atoms with E-state index < -0.39 is 8.32 Å². The average molecular weight is 353 g/mol. The molecule has 24 heavy (non-hydrogen) atoms. The summed E-state index contributed by atoms with van der Waals surface area (Å²) in [6, 6.07) is 3.64. The zero-order valence-corrected chi connectivity index (χ0v) is 17.4. The molecule has 5 heteroatoms. The topological polar surface area (TPSA) is 44.8 Å². The van der Waals surface area contributed by atoms with Crippen LogP contribution in [-0.4, -0.2) is 34.4 Å². The Morgan fingerprint density at radius 1 is 1.17 bits per heavy atom. The fourth-order valence-electron chi connectivity index (χ4n) is 2.08. The Labute approximate surface area is 147 Å². The van der Waals surface area contributed by atoms with Crippen molar-refractivity contribution < 1.29 is 18.7 Å². The molecule has 0 atom stereocenters.